The number of ketones is 1. The van der Waals surface area contributed by atoms with Crippen molar-refractivity contribution in [3.05, 3.63) is 12.2 Å². The molecule has 1 unspecified atom stereocenters. The summed E-state index contributed by atoms with van der Waals surface area (Å²) < 4.78 is 1.80. The van der Waals surface area contributed by atoms with Gasteiger partial charge in [0.1, 0.15) is 17.9 Å². The summed E-state index contributed by atoms with van der Waals surface area (Å²) in [4.78, 5) is 16.1. The van der Waals surface area contributed by atoms with Crippen LogP contribution in [0.2, 0.25) is 0 Å². The van der Waals surface area contributed by atoms with Crippen molar-refractivity contribution in [3.63, 3.8) is 0 Å². The van der Waals surface area contributed by atoms with E-state index in [0.29, 0.717) is 6.42 Å². The van der Waals surface area contributed by atoms with Crippen molar-refractivity contribution in [1.29, 1.82) is 0 Å². The van der Waals surface area contributed by atoms with E-state index in [4.69, 9.17) is 0 Å². The third-order valence-electron chi connectivity index (χ3n) is 2.72. The molecule has 0 fully saturated rings. The van der Waals surface area contributed by atoms with Crippen molar-refractivity contribution in [2.45, 2.75) is 40.2 Å². The van der Waals surface area contributed by atoms with E-state index in [9.17, 15) is 4.79 Å². The topological polar surface area (TPSA) is 59.8 Å². The minimum absolute atomic E-state index is 0.0206. The van der Waals surface area contributed by atoms with E-state index in [0.717, 1.165) is 18.9 Å². The van der Waals surface area contributed by atoms with Crippen LogP contribution in [-0.2, 0) is 11.2 Å². The van der Waals surface area contributed by atoms with Crippen LogP contribution in [0.3, 0.4) is 0 Å². The summed E-state index contributed by atoms with van der Waals surface area (Å²) >= 11 is 0. The van der Waals surface area contributed by atoms with E-state index in [1.165, 1.54) is 6.33 Å². The van der Waals surface area contributed by atoms with Crippen molar-refractivity contribution in [2.24, 2.45) is 5.92 Å². The lowest BCUT2D eigenvalue weighted by atomic mass is 10.0. The third-order valence-corrected chi connectivity index (χ3v) is 2.72. The molecule has 1 rings (SSSR count). The predicted octanol–water partition coefficient (Wildman–Crippen LogP) is 1.22. The van der Waals surface area contributed by atoms with Crippen LogP contribution in [0, 0.1) is 5.92 Å². The first-order valence-corrected chi connectivity index (χ1v) is 6.18. The molecule has 0 aliphatic heterocycles. The van der Waals surface area contributed by atoms with E-state index in [1.807, 2.05) is 27.7 Å². The minimum atomic E-state index is 0.0206. The molecule has 5 nitrogen and oxygen atoms in total. The highest BCUT2D eigenvalue weighted by Crippen LogP contribution is 2.08. The van der Waals surface area contributed by atoms with Crippen LogP contribution in [0.25, 0.3) is 0 Å². The largest absolute Gasteiger partial charge is 0.316 e. The van der Waals surface area contributed by atoms with Crippen molar-refractivity contribution < 1.29 is 4.79 Å². The summed E-state index contributed by atoms with van der Waals surface area (Å²) in [5.74, 6) is 0.987. The lowest BCUT2D eigenvalue weighted by Crippen LogP contribution is -2.28. The quantitative estimate of drug-likeness (QED) is 0.776. The van der Waals surface area contributed by atoms with Crippen LogP contribution >= 0.6 is 0 Å². The van der Waals surface area contributed by atoms with Gasteiger partial charge in [-0.15, -0.1) is 0 Å². The highest BCUT2D eigenvalue weighted by atomic mass is 16.1. The van der Waals surface area contributed by atoms with Crippen molar-refractivity contribution in [2.75, 3.05) is 13.1 Å². The molecule has 1 heterocycles. The molecule has 1 aromatic heterocycles. The number of nitrogens with one attached hydrogen (secondary N) is 1. The Morgan fingerprint density at radius 2 is 2.18 bits per heavy atom. The highest BCUT2D eigenvalue weighted by molar-refractivity contribution is 5.82. The van der Waals surface area contributed by atoms with Crippen LogP contribution in [0.15, 0.2) is 6.33 Å². The van der Waals surface area contributed by atoms with Gasteiger partial charge in [-0.25, -0.2) is 9.67 Å². The van der Waals surface area contributed by atoms with Gasteiger partial charge in [-0.2, -0.15) is 5.10 Å². The summed E-state index contributed by atoms with van der Waals surface area (Å²) in [7, 11) is 0. The number of rotatable bonds is 7. The molecule has 0 aromatic carbocycles. The summed E-state index contributed by atoms with van der Waals surface area (Å²) in [6, 6.07) is 0.240. The maximum absolute atomic E-state index is 12.0. The number of aromatic nitrogens is 3. The monoisotopic (exact) mass is 238 g/mol. The Labute approximate surface area is 103 Å². The van der Waals surface area contributed by atoms with Gasteiger partial charge in [0.25, 0.3) is 0 Å². The van der Waals surface area contributed by atoms with E-state index < -0.39 is 0 Å². The second kappa shape index (κ2) is 6.49. The molecule has 1 N–H and O–H groups in total. The molecular formula is C12H22N4O. The minimum Gasteiger partial charge on any atom is -0.316 e. The van der Waals surface area contributed by atoms with Crippen LogP contribution in [0.5, 0.6) is 0 Å². The number of carbonyl (C=O) groups is 1. The molecule has 0 amide bonds. The van der Waals surface area contributed by atoms with Gasteiger partial charge in [-0.1, -0.05) is 13.8 Å². The number of carbonyl (C=O) groups excluding carboxylic acids is 1. The van der Waals surface area contributed by atoms with Crippen molar-refractivity contribution in [3.8, 4) is 0 Å². The fourth-order valence-electron chi connectivity index (χ4n) is 1.64. The lowest BCUT2D eigenvalue weighted by molar-refractivity contribution is -0.121. The zero-order valence-electron chi connectivity index (χ0n) is 11.1. The molecular weight excluding hydrogens is 216 g/mol. The van der Waals surface area contributed by atoms with Gasteiger partial charge in [0, 0.05) is 18.5 Å². The molecule has 0 aliphatic carbocycles. The molecule has 96 valence electrons. The normalized spacial score (nSPS) is 13.0. The molecule has 0 bridgehead atoms. The van der Waals surface area contributed by atoms with Crippen molar-refractivity contribution in [1.82, 2.24) is 20.1 Å². The second-order valence-electron chi connectivity index (χ2n) is 4.57. The average molecular weight is 238 g/mol. The molecule has 0 saturated carbocycles. The van der Waals surface area contributed by atoms with Gasteiger partial charge in [0.05, 0.1) is 6.42 Å². The zero-order valence-corrected chi connectivity index (χ0v) is 11.1. The SMILES string of the molecule is CCNCC(C)C(=O)Cc1ncnn1C(C)C. The average Bonchev–Trinajstić information content (AvgIpc) is 2.73. The van der Waals surface area contributed by atoms with Crippen LogP contribution in [0.4, 0.5) is 0 Å². The molecule has 1 aromatic rings. The van der Waals surface area contributed by atoms with Gasteiger partial charge in [0.15, 0.2) is 0 Å². The second-order valence-corrected chi connectivity index (χ2v) is 4.57. The van der Waals surface area contributed by atoms with E-state index in [2.05, 4.69) is 15.4 Å². The smallest absolute Gasteiger partial charge is 0.144 e. The Morgan fingerprint density at radius 1 is 1.47 bits per heavy atom. The molecule has 1 atom stereocenters. The first kappa shape index (κ1) is 13.8. The number of hydrogen-bond donors (Lipinski definition) is 1. The maximum atomic E-state index is 12.0. The summed E-state index contributed by atoms with van der Waals surface area (Å²) in [5.41, 5.74) is 0. The Hall–Kier alpha value is -1.23. The third kappa shape index (κ3) is 3.93. The summed E-state index contributed by atoms with van der Waals surface area (Å²) in [6.07, 6.45) is 1.88. The lowest BCUT2D eigenvalue weighted by Gasteiger charge is -2.12. The highest BCUT2D eigenvalue weighted by Gasteiger charge is 2.17. The van der Waals surface area contributed by atoms with Gasteiger partial charge in [-0.3, -0.25) is 4.79 Å². The van der Waals surface area contributed by atoms with Crippen LogP contribution in [0.1, 0.15) is 39.6 Å². The Kier molecular flexibility index (Phi) is 5.28. The molecule has 17 heavy (non-hydrogen) atoms. The molecule has 0 radical (unpaired) electrons. The molecule has 0 aliphatic rings. The van der Waals surface area contributed by atoms with Gasteiger partial charge < -0.3 is 5.32 Å². The first-order valence-electron chi connectivity index (χ1n) is 6.18. The predicted molar refractivity (Wildman–Crippen MR) is 66.8 cm³/mol. The maximum Gasteiger partial charge on any atom is 0.144 e. The number of nitrogens with zero attached hydrogens (tertiary/aromatic N) is 3. The summed E-state index contributed by atoms with van der Waals surface area (Å²) in [5, 5.41) is 7.31. The van der Waals surface area contributed by atoms with E-state index in [1.54, 1.807) is 4.68 Å². The van der Waals surface area contributed by atoms with E-state index in [-0.39, 0.29) is 17.7 Å². The number of hydrogen-bond acceptors (Lipinski definition) is 4. The Balaban J connectivity index is 2.58. The molecule has 0 spiro atoms. The number of Topliss-reactive ketones (excluding diaryl/α,β-unsaturated/α-hetero) is 1. The van der Waals surface area contributed by atoms with Gasteiger partial charge in [-0.05, 0) is 20.4 Å². The van der Waals surface area contributed by atoms with Crippen LogP contribution in [-0.4, -0.2) is 33.6 Å². The zero-order chi connectivity index (χ0) is 12.8. The van der Waals surface area contributed by atoms with Gasteiger partial charge in [0.2, 0.25) is 0 Å². The fourth-order valence-corrected chi connectivity index (χ4v) is 1.64. The summed E-state index contributed by atoms with van der Waals surface area (Å²) in [6.45, 7) is 9.66. The molecule has 5 heteroatoms. The Bertz CT molecular complexity index is 359. The van der Waals surface area contributed by atoms with Gasteiger partial charge >= 0.3 is 0 Å². The fraction of sp³-hybridized carbons (Fsp3) is 0.750. The van der Waals surface area contributed by atoms with Crippen molar-refractivity contribution >= 4 is 5.78 Å². The first-order chi connectivity index (χ1) is 8.06. The molecule has 0 saturated heterocycles. The standard InChI is InChI=1S/C12H22N4O/c1-5-13-7-10(4)11(17)6-12-14-8-15-16(12)9(2)3/h8-10,13H,5-7H2,1-4H3. The van der Waals surface area contributed by atoms with E-state index >= 15 is 0 Å². The Morgan fingerprint density at radius 3 is 2.76 bits per heavy atom. The van der Waals surface area contributed by atoms with Crippen LogP contribution < -0.4 is 5.32 Å².